The predicted molar refractivity (Wildman–Crippen MR) is 67.8 cm³/mol. The molecular weight excluding hydrogens is 295 g/mol. The monoisotopic (exact) mass is 306 g/mol. The van der Waals surface area contributed by atoms with Crippen molar-refractivity contribution in [2.24, 2.45) is 0 Å². The number of hydrogen-bond acceptors (Lipinski definition) is 2. The highest BCUT2D eigenvalue weighted by Gasteiger charge is 1.97. The summed E-state index contributed by atoms with van der Waals surface area (Å²) >= 11 is 3.78. The smallest absolute Gasteiger partial charge is 0.166 e. The minimum atomic E-state index is 0.978. The number of halogens is 1. The second kappa shape index (κ2) is 5.49. The lowest BCUT2D eigenvalue weighted by atomic mass is 10.3. The molecule has 4 heteroatoms. The molecule has 0 saturated heterocycles. The lowest BCUT2D eigenvalue weighted by molar-refractivity contribution is 1.09. The first kappa shape index (κ1) is 10.8. The Kier molecular flexibility index (Phi) is 4.58. The molecule has 13 heavy (non-hydrogen) atoms. The van der Waals surface area contributed by atoms with Crippen LogP contribution in [-0.2, 0) is 0 Å². The number of para-hydroxylation sites is 2. The van der Waals surface area contributed by atoms with Crippen LogP contribution < -0.4 is 0 Å². The van der Waals surface area contributed by atoms with Gasteiger partial charge in [0.2, 0.25) is 0 Å². The molecule has 1 aromatic carbocycles. The molecular formula is C9H11IN2S. The number of rotatable bonds is 1. The first-order valence-corrected chi connectivity index (χ1v) is 7.15. The molecule has 1 aromatic heterocycles. The van der Waals surface area contributed by atoms with E-state index in [0.29, 0.717) is 0 Å². The van der Waals surface area contributed by atoms with Gasteiger partial charge in [0, 0.05) is 0 Å². The summed E-state index contributed by atoms with van der Waals surface area (Å²) < 4.78 is 0. The van der Waals surface area contributed by atoms with Crippen LogP contribution >= 0.6 is 34.4 Å². The number of nitrogens with zero attached hydrogens (tertiary/aromatic N) is 1. The highest BCUT2D eigenvalue weighted by molar-refractivity contribution is 14.1. The zero-order valence-electron chi connectivity index (χ0n) is 7.54. The van der Waals surface area contributed by atoms with Gasteiger partial charge in [-0.3, -0.25) is 0 Å². The maximum atomic E-state index is 4.34. The topological polar surface area (TPSA) is 28.7 Å². The Labute approximate surface area is 95.7 Å². The van der Waals surface area contributed by atoms with E-state index < -0.39 is 0 Å². The van der Waals surface area contributed by atoms with E-state index in [0.717, 1.165) is 16.2 Å². The van der Waals surface area contributed by atoms with Crippen molar-refractivity contribution >= 4 is 45.4 Å². The van der Waals surface area contributed by atoms with Crippen LogP contribution in [0.2, 0.25) is 0 Å². The second-order valence-electron chi connectivity index (χ2n) is 2.26. The zero-order chi connectivity index (χ0) is 9.68. The number of thioether (sulfide) groups is 1. The number of hydrogen-bond donors (Lipinski definition) is 1. The molecule has 1 N–H and O–H groups in total. The maximum absolute atomic E-state index is 4.34. The summed E-state index contributed by atoms with van der Waals surface area (Å²) in [6, 6.07) is 8.03. The summed E-state index contributed by atoms with van der Waals surface area (Å²) in [4.78, 5) is 9.51. The van der Waals surface area contributed by atoms with Crippen LogP contribution in [0.15, 0.2) is 29.4 Å². The minimum Gasteiger partial charge on any atom is -0.333 e. The summed E-state index contributed by atoms with van der Waals surface area (Å²) in [7, 11) is 0. The van der Waals surface area contributed by atoms with Crippen LogP contribution in [0.5, 0.6) is 0 Å². The molecule has 0 bridgehead atoms. The average molecular weight is 306 g/mol. The summed E-state index contributed by atoms with van der Waals surface area (Å²) in [6.07, 6.45) is 2.01. The average Bonchev–Trinajstić information content (AvgIpc) is 2.63. The molecule has 1 heterocycles. The van der Waals surface area contributed by atoms with Crippen molar-refractivity contribution in [3.05, 3.63) is 24.3 Å². The fraction of sp³-hybridized carbons (Fsp3) is 0.222. The number of imidazole rings is 1. The van der Waals surface area contributed by atoms with Crippen LogP contribution in [-0.4, -0.2) is 21.2 Å². The van der Waals surface area contributed by atoms with E-state index in [9.17, 15) is 0 Å². The number of fused-ring (bicyclic) bond motifs is 1. The minimum absolute atomic E-state index is 0.978. The third-order valence-electron chi connectivity index (χ3n) is 1.56. The molecule has 0 radical (unpaired) electrons. The standard InChI is InChI=1S/C8H8N2S.CH3I/c1-11-8-9-6-4-2-3-5-7(6)10-8;1-2/h2-5H,1H3,(H,9,10);1H3. The van der Waals surface area contributed by atoms with E-state index in [1.807, 2.05) is 35.5 Å². The van der Waals surface area contributed by atoms with Gasteiger partial charge in [-0.1, -0.05) is 46.5 Å². The van der Waals surface area contributed by atoms with E-state index in [-0.39, 0.29) is 0 Å². The molecule has 0 amide bonds. The van der Waals surface area contributed by atoms with Crippen LogP contribution in [0, 0.1) is 0 Å². The summed E-state index contributed by atoms with van der Waals surface area (Å²) in [5, 5.41) is 0.978. The highest BCUT2D eigenvalue weighted by atomic mass is 127. The summed E-state index contributed by atoms with van der Waals surface area (Å²) in [5.41, 5.74) is 2.15. The summed E-state index contributed by atoms with van der Waals surface area (Å²) in [5.74, 6) is 0. The predicted octanol–water partition coefficient (Wildman–Crippen LogP) is 3.34. The maximum Gasteiger partial charge on any atom is 0.166 e. The van der Waals surface area contributed by atoms with Crippen LogP contribution in [0.25, 0.3) is 11.0 Å². The molecule has 2 nitrogen and oxygen atoms in total. The van der Waals surface area contributed by atoms with Gasteiger partial charge in [-0.05, 0) is 23.3 Å². The number of H-pyrrole nitrogens is 1. The highest BCUT2D eigenvalue weighted by Crippen LogP contribution is 2.15. The number of aromatic nitrogens is 2. The van der Waals surface area contributed by atoms with Crippen molar-refractivity contribution < 1.29 is 0 Å². The molecule has 0 saturated carbocycles. The van der Waals surface area contributed by atoms with Crippen molar-refractivity contribution in [1.82, 2.24) is 9.97 Å². The fourth-order valence-electron chi connectivity index (χ4n) is 1.03. The van der Waals surface area contributed by atoms with Gasteiger partial charge < -0.3 is 4.98 Å². The number of aromatic amines is 1. The molecule has 70 valence electrons. The Hall–Kier alpha value is -0.230. The number of alkyl halides is 1. The first-order chi connectivity index (χ1) is 6.40. The summed E-state index contributed by atoms with van der Waals surface area (Å²) in [6.45, 7) is 0. The molecule has 0 aliphatic carbocycles. The molecule has 0 atom stereocenters. The van der Waals surface area contributed by atoms with Gasteiger partial charge >= 0.3 is 0 Å². The largest absolute Gasteiger partial charge is 0.333 e. The van der Waals surface area contributed by atoms with Crippen LogP contribution in [0.4, 0.5) is 0 Å². The van der Waals surface area contributed by atoms with Gasteiger partial charge in [-0.15, -0.1) is 0 Å². The first-order valence-electron chi connectivity index (χ1n) is 3.76. The van der Waals surface area contributed by atoms with E-state index in [1.54, 1.807) is 11.8 Å². The van der Waals surface area contributed by atoms with Crippen molar-refractivity contribution in [1.29, 1.82) is 0 Å². The lowest BCUT2D eigenvalue weighted by Gasteiger charge is -1.81. The van der Waals surface area contributed by atoms with Gasteiger partial charge in [0.25, 0.3) is 0 Å². The molecule has 2 rings (SSSR count). The third kappa shape index (κ3) is 2.60. The SMILES string of the molecule is CI.CSc1nc2ccccc2[nH]1. The second-order valence-corrected chi connectivity index (χ2v) is 3.06. The molecule has 0 spiro atoms. The molecule has 0 aliphatic rings. The normalized spacial score (nSPS) is 9.46. The Bertz CT molecular complexity index is 339. The van der Waals surface area contributed by atoms with Gasteiger partial charge in [0.05, 0.1) is 11.0 Å². The van der Waals surface area contributed by atoms with Gasteiger partial charge in [0.15, 0.2) is 5.16 Å². The number of nitrogens with one attached hydrogen (secondary N) is 1. The van der Waals surface area contributed by atoms with Gasteiger partial charge in [0.1, 0.15) is 0 Å². The van der Waals surface area contributed by atoms with E-state index in [4.69, 9.17) is 0 Å². The van der Waals surface area contributed by atoms with Gasteiger partial charge in [-0.2, -0.15) is 0 Å². The van der Waals surface area contributed by atoms with E-state index in [2.05, 4.69) is 32.6 Å². The van der Waals surface area contributed by atoms with Gasteiger partial charge in [-0.25, -0.2) is 4.98 Å². The lowest BCUT2D eigenvalue weighted by Crippen LogP contribution is -1.67. The Morgan fingerprint density at radius 3 is 2.62 bits per heavy atom. The zero-order valence-corrected chi connectivity index (χ0v) is 10.5. The van der Waals surface area contributed by atoms with E-state index >= 15 is 0 Å². The van der Waals surface area contributed by atoms with Crippen molar-refractivity contribution in [2.45, 2.75) is 5.16 Å². The quantitative estimate of drug-likeness (QED) is 0.497. The van der Waals surface area contributed by atoms with Crippen LogP contribution in [0.1, 0.15) is 0 Å². The van der Waals surface area contributed by atoms with Crippen LogP contribution in [0.3, 0.4) is 0 Å². The van der Waals surface area contributed by atoms with E-state index in [1.165, 1.54) is 0 Å². The Morgan fingerprint density at radius 2 is 2.00 bits per heavy atom. The molecule has 2 aromatic rings. The molecule has 0 aliphatic heterocycles. The Balaban J connectivity index is 0.000000396. The Morgan fingerprint density at radius 1 is 1.31 bits per heavy atom. The molecule has 0 fully saturated rings. The van der Waals surface area contributed by atoms with Crippen molar-refractivity contribution in [3.63, 3.8) is 0 Å². The third-order valence-corrected chi connectivity index (χ3v) is 2.14. The van der Waals surface area contributed by atoms with Crippen molar-refractivity contribution in [2.75, 3.05) is 11.2 Å². The number of benzene rings is 1. The molecule has 0 unspecified atom stereocenters. The fourth-order valence-corrected chi connectivity index (χ4v) is 1.43. The van der Waals surface area contributed by atoms with Crippen molar-refractivity contribution in [3.8, 4) is 0 Å².